The number of aromatic hydroxyl groups is 1. The molecule has 76 heavy (non-hydrogen) atoms. The topological polar surface area (TPSA) is 455 Å². The summed E-state index contributed by atoms with van der Waals surface area (Å²) in [6, 6.07) is -7.50. The van der Waals surface area contributed by atoms with Crippen molar-refractivity contribution in [2.45, 2.75) is 167 Å². The lowest BCUT2D eigenvalue weighted by molar-refractivity contribution is -0.144. The molecular weight excluding hydrogens is 997 g/mol. The number of benzene rings is 1. The van der Waals surface area contributed by atoms with Gasteiger partial charge in [0.15, 0.2) is 0 Å². The Labute approximate surface area is 442 Å². The molecule has 0 unspecified atom stereocenters. The number of carbonyl (C=O) groups excluding carboxylic acids is 9. The molecule has 0 radical (unpaired) electrons. The van der Waals surface area contributed by atoms with Crippen LogP contribution in [0.15, 0.2) is 24.3 Å². The van der Waals surface area contributed by atoms with Crippen LogP contribution < -0.4 is 65.1 Å². The third-order valence-corrected chi connectivity index (χ3v) is 11.9. The summed E-state index contributed by atoms with van der Waals surface area (Å²) in [6.45, 7) is 11.9. The monoisotopic (exact) mass is 1080 g/mol. The van der Waals surface area contributed by atoms with Crippen molar-refractivity contribution in [3.05, 3.63) is 29.8 Å². The number of phenolic OH excluding ortho intramolecular Hbond substituents is 1. The molecule has 19 N–H and O–H groups in total. The van der Waals surface area contributed by atoms with Crippen LogP contribution in [0.1, 0.15) is 106 Å². The second kappa shape index (κ2) is 33.8. The summed E-state index contributed by atoms with van der Waals surface area (Å²) < 4.78 is 0. The number of unbranched alkanes of at least 4 members (excludes halogenated alkanes) is 2. The maximum Gasteiger partial charge on any atom is 0.328 e. The van der Waals surface area contributed by atoms with Crippen LogP contribution in [-0.2, 0) is 59.2 Å². The number of hydrogen-bond acceptors (Lipinski definition) is 16. The van der Waals surface area contributed by atoms with Crippen molar-refractivity contribution < 1.29 is 73.2 Å². The van der Waals surface area contributed by atoms with E-state index in [1.54, 1.807) is 53.7 Å². The summed E-state index contributed by atoms with van der Waals surface area (Å²) in [5.41, 5.74) is 18.1. The van der Waals surface area contributed by atoms with Crippen molar-refractivity contribution in [2.24, 2.45) is 35.0 Å². The average Bonchev–Trinajstić information content (AvgIpc) is 3.34. The number of phenols is 1. The molecule has 27 heteroatoms. The molecule has 0 aliphatic heterocycles. The number of carboxylic acid groups (broad SMARTS) is 2. The van der Waals surface area contributed by atoms with Gasteiger partial charge in [0.1, 0.15) is 60.1 Å². The third-order valence-electron chi connectivity index (χ3n) is 11.9. The fourth-order valence-electron chi connectivity index (χ4n) is 7.31. The second-order valence-electron chi connectivity index (χ2n) is 19.6. The maximum atomic E-state index is 14.0. The smallest absolute Gasteiger partial charge is 0.328 e. The minimum absolute atomic E-state index is 0.00456. The van der Waals surface area contributed by atoms with Crippen LogP contribution in [0, 0.1) is 17.8 Å². The summed E-state index contributed by atoms with van der Waals surface area (Å²) in [4.78, 5) is 145. The number of aliphatic hydroxyl groups is 1. The first-order valence-electron chi connectivity index (χ1n) is 25.3. The second-order valence-corrected chi connectivity index (χ2v) is 19.6. The van der Waals surface area contributed by atoms with Gasteiger partial charge in [0, 0.05) is 0 Å². The van der Waals surface area contributed by atoms with Crippen LogP contribution in [0.5, 0.6) is 5.75 Å². The summed E-state index contributed by atoms with van der Waals surface area (Å²) >= 11 is 0. The van der Waals surface area contributed by atoms with Crippen LogP contribution in [0.25, 0.3) is 0 Å². The standard InChI is InChI=1S/C49H82N12O15/c1-24(2)37(59-40(66)27(7)53-42(68)31(52)21-29-15-17-30(63)18-16-29)46(72)54-28(8)41(67)60-39(26(5)6)48(74)61-38(25(3)4)47(73)56-33(14-10-12-20-51)43(69)55-32(13-9-11-19-50)44(70)57-34(22-36(64)65)45(71)58-35(23-62)49(75)76/h15-18,24-28,31-35,37-39,62-63H,9-14,19-23,50-52H2,1-8H3,(H,53,68)(H,54,72)(H,55,69)(H,56,73)(H,57,70)(H,58,71)(H,59,66)(H,60,67)(H,61,74)(H,64,65)(H,75,76)/t27-,28-,31-,32-,33-,34-,35-,37-,38-,39-/m0/s1. The van der Waals surface area contributed by atoms with E-state index in [9.17, 15) is 73.2 Å². The van der Waals surface area contributed by atoms with Gasteiger partial charge in [-0.3, -0.25) is 47.9 Å². The first-order valence-corrected chi connectivity index (χ1v) is 25.3. The fraction of sp³-hybridized carbons (Fsp3) is 0.653. The Balaban J connectivity index is 3.21. The zero-order valence-electron chi connectivity index (χ0n) is 44.6. The molecule has 27 nitrogen and oxygen atoms in total. The van der Waals surface area contributed by atoms with Crippen LogP contribution in [-0.4, -0.2) is 166 Å². The number of hydrogen-bond donors (Lipinski definition) is 16. The van der Waals surface area contributed by atoms with Crippen molar-refractivity contribution in [1.82, 2.24) is 47.9 Å². The van der Waals surface area contributed by atoms with Crippen molar-refractivity contribution in [1.29, 1.82) is 0 Å². The number of aliphatic hydroxyl groups excluding tert-OH is 1. The fourth-order valence-corrected chi connectivity index (χ4v) is 7.31. The predicted molar refractivity (Wildman–Crippen MR) is 276 cm³/mol. The van der Waals surface area contributed by atoms with Crippen LogP contribution >= 0.6 is 0 Å². The van der Waals surface area contributed by atoms with E-state index in [1.165, 1.54) is 26.0 Å². The number of carbonyl (C=O) groups is 11. The molecule has 1 aromatic carbocycles. The number of nitrogens with two attached hydrogens (primary N) is 3. The Morgan fingerprint density at radius 3 is 1.21 bits per heavy atom. The van der Waals surface area contributed by atoms with Crippen LogP contribution in [0.4, 0.5) is 0 Å². The zero-order valence-corrected chi connectivity index (χ0v) is 44.6. The van der Waals surface area contributed by atoms with E-state index in [4.69, 9.17) is 17.2 Å². The lowest BCUT2D eigenvalue weighted by Gasteiger charge is -2.30. The molecule has 0 saturated heterocycles. The lowest BCUT2D eigenvalue weighted by atomic mass is 9.98. The highest BCUT2D eigenvalue weighted by atomic mass is 16.4. The van der Waals surface area contributed by atoms with Gasteiger partial charge in [-0.1, -0.05) is 53.7 Å². The van der Waals surface area contributed by atoms with E-state index in [1.807, 2.05) is 5.32 Å². The van der Waals surface area contributed by atoms with Gasteiger partial charge in [0.2, 0.25) is 53.2 Å². The molecule has 9 amide bonds. The van der Waals surface area contributed by atoms with Crippen molar-refractivity contribution in [3.8, 4) is 5.75 Å². The van der Waals surface area contributed by atoms with Gasteiger partial charge in [-0.05, 0) is 107 Å². The minimum atomic E-state index is -1.84. The predicted octanol–water partition coefficient (Wildman–Crippen LogP) is -3.56. The minimum Gasteiger partial charge on any atom is -0.508 e. The molecule has 1 rings (SSSR count). The van der Waals surface area contributed by atoms with Gasteiger partial charge in [0.05, 0.1) is 19.1 Å². The van der Waals surface area contributed by atoms with Crippen molar-refractivity contribution in [3.63, 3.8) is 0 Å². The normalized spacial score (nSPS) is 15.2. The van der Waals surface area contributed by atoms with Gasteiger partial charge in [-0.25, -0.2) is 4.79 Å². The molecule has 0 spiro atoms. The van der Waals surface area contributed by atoms with Crippen LogP contribution in [0.2, 0.25) is 0 Å². The highest BCUT2D eigenvalue weighted by Crippen LogP contribution is 2.13. The van der Waals surface area contributed by atoms with E-state index >= 15 is 0 Å². The van der Waals surface area contributed by atoms with Gasteiger partial charge >= 0.3 is 11.9 Å². The summed E-state index contributed by atoms with van der Waals surface area (Å²) in [5, 5.41) is 59.9. The van der Waals surface area contributed by atoms with E-state index in [0.717, 1.165) is 0 Å². The Hall–Kier alpha value is -6.97. The largest absolute Gasteiger partial charge is 0.508 e. The SMILES string of the molecule is CC(C)[C@H](NC(=O)[C@H](C)NC(=O)[C@@H](N)Cc1ccc(O)cc1)C(=O)N[C@@H](C)C(=O)N[C@H](C(=O)N[C@H](C(=O)N[C@@H](CCCCN)C(=O)N[C@@H](CCCCN)C(=O)N[C@@H](CC(=O)O)C(=O)N[C@@H](CO)C(=O)O)C(C)C)C(C)C. The molecule has 0 aliphatic rings. The number of rotatable bonds is 35. The van der Waals surface area contributed by atoms with E-state index in [0.29, 0.717) is 24.8 Å². The number of amides is 9. The molecular formula is C49H82N12O15. The summed E-state index contributed by atoms with van der Waals surface area (Å²) in [5.74, 6) is -12.5. The molecule has 10 atom stereocenters. The van der Waals surface area contributed by atoms with Gasteiger partial charge in [-0.2, -0.15) is 0 Å². The Kier molecular flexibility index (Phi) is 29.9. The molecule has 0 bridgehead atoms. The molecule has 428 valence electrons. The van der Waals surface area contributed by atoms with Gasteiger partial charge in [-0.15, -0.1) is 0 Å². The molecule has 1 aromatic rings. The Bertz CT molecular complexity index is 2130. The highest BCUT2D eigenvalue weighted by Gasteiger charge is 2.36. The van der Waals surface area contributed by atoms with Gasteiger partial charge in [0.25, 0.3) is 0 Å². The van der Waals surface area contributed by atoms with E-state index in [-0.39, 0.29) is 44.5 Å². The number of carboxylic acids is 2. The first-order chi connectivity index (χ1) is 35.6. The highest BCUT2D eigenvalue weighted by molar-refractivity contribution is 5.99. The third kappa shape index (κ3) is 23.7. The summed E-state index contributed by atoms with van der Waals surface area (Å²) in [6.07, 6.45) is 0.426. The average molecular weight is 1080 g/mol. The zero-order chi connectivity index (χ0) is 58.0. The van der Waals surface area contributed by atoms with Crippen molar-refractivity contribution >= 4 is 65.1 Å². The number of nitrogens with one attached hydrogen (secondary N) is 9. The van der Waals surface area contributed by atoms with E-state index in [2.05, 4.69) is 42.5 Å². The maximum absolute atomic E-state index is 14.0. The molecule has 0 aliphatic carbocycles. The Morgan fingerprint density at radius 2 is 0.816 bits per heavy atom. The quantitative estimate of drug-likeness (QED) is 0.0293. The molecule has 0 fully saturated rings. The lowest BCUT2D eigenvalue weighted by Crippen LogP contribution is -2.62. The molecule has 0 aromatic heterocycles. The van der Waals surface area contributed by atoms with E-state index < -0.39 is 156 Å². The molecule has 0 heterocycles. The summed E-state index contributed by atoms with van der Waals surface area (Å²) in [7, 11) is 0. The van der Waals surface area contributed by atoms with Crippen molar-refractivity contribution in [2.75, 3.05) is 19.7 Å². The number of aliphatic carboxylic acids is 2. The van der Waals surface area contributed by atoms with Gasteiger partial charge < -0.3 is 85.5 Å². The van der Waals surface area contributed by atoms with Crippen LogP contribution in [0.3, 0.4) is 0 Å². The first kappa shape index (κ1) is 67.0. The molecule has 0 saturated carbocycles. The Morgan fingerprint density at radius 1 is 0.461 bits per heavy atom.